The molecular formula is C16H23ClN2O. The summed E-state index contributed by atoms with van der Waals surface area (Å²) in [4.78, 5) is 12.6. The lowest BCUT2D eigenvalue weighted by molar-refractivity contribution is -0.126. The average molecular weight is 295 g/mol. The molecule has 3 nitrogen and oxygen atoms in total. The Morgan fingerprint density at radius 2 is 2.10 bits per heavy atom. The number of carbonyl (C=O) groups is 1. The molecule has 0 aromatic heterocycles. The Kier molecular flexibility index (Phi) is 4.71. The Bertz CT molecular complexity index is 487. The standard InChI is InChI=1S/C16H23ClN2O/c1-11-10-12(8-9-18-11)19-15(20)16(2,3)13-6-4-5-7-14(13)17/h4-7,11-12,18H,8-10H2,1-3H3,(H,19,20). The van der Waals surface area contributed by atoms with Crippen LogP contribution in [-0.4, -0.2) is 24.5 Å². The van der Waals surface area contributed by atoms with Crippen LogP contribution in [0, 0.1) is 0 Å². The van der Waals surface area contributed by atoms with Crippen molar-refractivity contribution in [3.8, 4) is 0 Å². The van der Waals surface area contributed by atoms with Crippen LogP contribution < -0.4 is 10.6 Å². The van der Waals surface area contributed by atoms with Crippen LogP contribution in [0.3, 0.4) is 0 Å². The topological polar surface area (TPSA) is 41.1 Å². The van der Waals surface area contributed by atoms with Crippen molar-refractivity contribution >= 4 is 17.5 Å². The summed E-state index contributed by atoms with van der Waals surface area (Å²) < 4.78 is 0. The van der Waals surface area contributed by atoms with Crippen LogP contribution in [0.25, 0.3) is 0 Å². The number of hydrogen-bond donors (Lipinski definition) is 2. The van der Waals surface area contributed by atoms with Gasteiger partial charge >= 0.3 is 0 Å². The van der Waals surface area contributed by atoms with Gasteiger partial charge in [-0.1, -0.05) is 29.8 Å². The minimum absolute atomic E-state index is 0.0460. The summed E-state index contributed by atoms with van der Waals surface area (Å²) in [6, 6.07) is 8.26. The molecule has 2 N–H and O–H groups in total. The second kappa shape index (κ2) is 6.15. The van der Waals surface area contributed by atoms with Crippen LogP contribution in [-0.2, 0) is 10.2 Å². The van der Waals surface area contributed by atoms with Gasteiger partial charge in [-0.05, 0) is 51.8 Å². The van der Waals surface area contributed by atoms with Crippen molar-refractivity contribution in [2.24, 2.45) is 0 Å². The maximum absolute atomic E-state index is 12.6. The van der Waals surface area contributed by atoms with E-state index >= 15 is 0 Å². The quantitative estimate of drug-likeness (QED) is 0.900. The third-order valence-electron chi connectivity index (χ3n) is 4.07. The van der Waals surface area contributed by atoms with Gasteiger partial charge in [-0.2, -0.15) is 0 Å². The van der Waals surface area contributed by atoms with Crippen molar-refractivity contribution in [2.75, 3.05) is 6.54 Å². The number of piperidine rings is 1. The minimum atomic E-state index is -0.619. The zero-order valence-corrected chi connectivity index (χ0v) is 13.1. The van der Waals surface area contributed by atoms with Crippen molar-refractivity contribution in [3.05, 3.63) is 34.9 Å². The van der Waals surface area contributed by atoms with Gasteiger partial charge < -0.3 is 10.6 Å². The summed E-state index contributed by atoms with van der Waals surface area (Å²) >= 11 is 6.23. The van der Waals surface area contributed by atoms with Gasteiger partial charge in [-0.25, -0.2) is 0 Å². The predicted molar refractivity (Wildman–Crippen MR) is 83.1 cm³/mol. The normalized spacial score (nSPS) is 23.4. The molecule has 1 aliphatic rings. The summed E-state index contributed by atoms with van der Waals surface area (Å²) in [7, 11) is 0. The maximum atomic E-state index is 12.6. The Morgan fingerprint density at radius 1 is 1.40 bits per heavy atom. The Balaban J connectivity index is 2.09. The summed E-state index contributed by atoms with van der Waals surface area (Å²) in [6.45, 7) is 6.96. The first-order chi connectivity index (χ1) is 9.41. The molecule has 4 heteroatoms. The molecule has 1 saturated heterocycles. The highest BCUT2D eigenvalue weighted by Crippen LogP contribution is 2.30. The highest BCUT2D eigenvalue weighted by Gasteiger charge is 2.33. The summed E-state index contributed by atoms with van der Waals surface area (Å²) in [5, 5.41) is 7.21. The second-order valence-corrected chi connectivity index (χ2v) is 6.56. The molecule has 0 spiro atoms. The van der Waals surface area contributed by atoms with E-state index in [0.717, 1.165) is 24.9 Å². The minimum Gasteiger partial charge on any atom is -0.353 e. The zero-order valence-electron chi connectivity index (χ0n) is 12.4. The van der Waals surface area contributed by atoms with Gasteiger partial charge in [0, 0.05) is 17.1 Å². The largest absolute Gasteiger partial charge is 0.353 e. The molecule has 1 aromatic rings. The Morgan fingerprint density at radius 3 is 2.75 bits per heavy atom. The first-order valence-corrected chi connectivity index (χ1v) is 7.58. The van der Waals surface area contributed by atoms with Gasteiger partial charge in [0.05, 0.1) is 5.41 Å². The molecule has 2 atom stereocenters. The van der Waals surface area contributed by atoms with Gasteiger partial charge in [0.25, 0.3) is 0 Å². The molecule has 1 fully saturated rings. The Hall–Kier alpha value is -1.06. The number of rotatable bonds is 3. The van der Waals surface area contributed by atoms with Gasteiger partial charge in [-0.15, -0.1) is 0 Å². The molecule has 0 radical (unpaired) electrons. The first kappa shape index (κ1) is 15.3. The van der Waals surface area contributed by atoms with Crippen LogP contribution in [0.5, 0.6) is 0 Å². The van der Waals surface area contributed by atoms with Crippen LogP contribution in [0.1, 0.15) is 39.2 Å². The fourth-order valence-corrected chi connectivity index (χ4v) is 3.09. The highest BCUT2D eigenvalue weighted by molar-refractivity contribution is 6.31. The van der Waals surface area contributed by atoms with E-state index in [0.29, 0.717) is 11.1 Å². The molecule has 0 saturated carbocycles. The van der Waals surface area contributed by atoms with Gasteiger partial charge in [0.1, 0.15) is 0 Å². The van der Waals surface area contributed by atoms with E-state index < -0.39 is 5.41 Å². The summed E-state index contributed by atoms with van der Waals surface area (Å²) in [6.07, 6.45) is 1.96. The molecule has 1 aromatic carbocycles. The van der Waals surface area contributed by atoms with Crippen LogP contribution >= 0.6 is 11.6 Å². The van der Waals surface area contributed by atoms with E-state index in [9.17, 15) is 4.79 Å². The van der Waals surface area contributed by atoms with Crippen LogP contribution in [0.15, 0.2) is 24.3 Å². The number of halogens is 1. The second-order valence-electron chi connectivity index (χ2n) is 6.15. The molecule has 2 unspecified atom stereocenters. The molecule has 0 bridgehead atoms. The van der Waals surface area contributed by atoms with Crippen molar-refractivity contribution < 1.29 is 4.79 Å². The SMILES string of the molecule is CC1CC(NC(=O)C(C)(C)c2ccccc2Cl)CCN1. The lowest BCUT2D eigenvalue weighted by Crippen LogP contribution is -2.50. The van der Waals surface area contributed by atoms with Gasteiger partial charge in [-0.3, -0.25) is 4.79 Å². The van der Waals surface area contributed by atoms with Gasteiger partial charge in [0.2, 0.25) is 5.91 Å². The monoisotopic (exact) mass is 294 g/mol. The fourth-order valence-electron chi connectivity index (χ4n) is 2.72. The summed E-state index contributed by atoms with van der Waals surface area (Å²) in [5.74, 6) is 0.0460. The molecule has 1 amide bonds. The van der Waals surface area contributed by atoms with Gasteiger partial charge in [0.15, 0.2) is 0 Å². The molecule has 110 valence electrons. The fraction of sp³-hybridized carbons (Fsp3) is 0.562. The molecular weight excluding hydrogens is 272 g/mol. The summed E-state index contributed by atoms with van der Waals surface area (Å²) in [5.41, 5.74) is 0.257. The Labute approximate surface area is 126 Å². The van der Waals surface area contributed by atoms with Crippen LogP contribution in [0.4, 0.5) is 0 Å². The first-order valence-electron chi connectivity index (χ1n) is 7.20. The number of hydrogen-bond acceptors (Lipinski definition) is 2. The van der Waals surface area contributed by atoms with E-state index in [4.69, 9.17) is 11.6 Å². The van der Waals surface area contributed by atoms with E-state index in [1.54, 1.807) is 0 Å². The van der Waals surface area contributed by atoms with Crippen molar-refractivity contribution in [1.29, 1.82) is 0 Å². The number of nitrogens with one attached hydrogen (secondary N) is 2. The van der Waals surface area contributed by atoms with Crippen molar-refractivity contribution in [1.82, 2.24) is 10.6 Å². The van der Waals surface area contributed by atoms with E-state index in [1.807, 2.05) is 38.1 Å². The number of carbonyl (C=O) groups excluding carboxylic acids is 1. The zero-order chi connectivity index (χ0) is 14.8. The van der Waals surface area contributed by atoms with Crippen molar-refractivity contribution in [2.45, 2.75) is 51.1 Å². The van der Waals surface area contributed by atoms with Crippen molar-refractivity contribution in [3.63, 3.8) is 0 Å². The maximum Gasteiger partial charge on any atom is 0.230 e. The predicted octanol–water partition coefficient (Wildman–Crippen LogP) is 2.87. The third kappa shape index (κ3) is 3.33. The molecule has 2 rings (SSSR count). The van der Waals surface area contributed by atoms with E-state index in [-0.39, 0.29) is 11.9 Å². The number of benzene rings is 1. The average Bonchev–Trinajstić information content (AvgIpc) is 2.39. The lowest BCUT2D eigenvalue weighted by Gasteiger charge is -2.32. The molecule has 0 aliphatic carbocycles. The molecule has 1 aliphatic heterocycles. The van der Waals surface area contributed by atoms with Crippen LogP contribution in [0.2, 0.25) is 5.02 Å². The van der Waals surface area contributed by atoms with E-state index in [2.05, 4.69) is 17.6 Å². The smallest absolute Gasteiger partial charge is 0.230 e. The molecule has 1 heterocycles. The van der Waals surface area contributed by atoms with E-state index in [1.165, 1.54) is 0 Å². The highest BCUT2D eigenvalue weighted by atomic mass is 35.5. The molecule has 20 heavy (non-hydrogen) atoms. The lowest BCUT2D eigenvalue weighted by atomic mass is 9.83. The number of amides is 1. The third-order valence-corrected chi connectivity index (χ3v) is 4.40.